The van der Waals surface area contributed by atoms with Crippen molar-refractivity contribution in [3.05, 3.63) is 17.7 Å². The minimum Gasteiger partial charge on any atom is -0.495 e. The van der Waals surface area contributed by atoms with Crippen LogP contribution >= 0.6 is 0 Å². The molecule has 1 saturated heterocycles. The number of benzene rings is 1. The molecule has 0 amide bonds. The molecule has 1 heterocycles. The molecule has 0 aliphatic carbocycles. The summed E-state index contributed by atoms with van der Waals surface area (Å²) < 4.78 is 36.5. The van der Waals surface area contributed by atoms with Crippen molar-refractivity contribution in [2.75, 3.05) is 39.1 Å². The SMILES string of the molecule is COc1cc(C#N)c(S(=O)(=O)N2CCOCC2)cc1N. The van der Waals surface area contributed by atoms with Gasteiger partial charge in [0.05, 0.1) is 31.6 Å². The van der Waals surface area contributed by atoms with Crippen molar-refractivity contribution in [3.8, 4) is 11.8 Å². The Morgan fingerprint density at radius 1 is 1.40 bits per heavy atom. The second-order valence-electron chi connectivity index (χ2n) is 4.22. The lowest BCUT2D eigenvalue weighted by Gasteiger charge is -2.26. The van der Waals surface area contributed by atoms with Gasteiger partial charge in [0.15, 0.2) is 0 Å². The van der Waals surface area contributed by atoms with Crippen LogP contribution in [0.3, 0.4) is 0 Å². The smallest absolute Gasteiger partial charge is 0.244 e. The van der Waals surface area contributed by atoms with Crippen molar-refractivity contribution in [1.29, 1.82) is 5.26 Å². The van der Waals surface area contributed by atoms with E-state index in [1.54, 1.807) is 0 Å². The molecule has 0 bridgehead atoms. The van der Waals surface area contributed by atoms with E-state index in [2.05, 4.69) is 0 Å². The second-order valence-corrected chi connectivity index (χ2v) is 6.12. The summed E-state index contributed by atoms with van der Waals surface area (Å²) >= 11 is 0. The van der Waals surface area contributed by atoms with Gasteiger partial charge in [-0.2, -0.15) is 9.57 Å². The van der Waals surface area contributed by atoms with Crippen LogP contribution in [-0.2, 0) is 14.8 Å². The highest BCUT2D eigenvalue weighted by Gasteiger charge is 2.29. The first-order valence-electron chi connectivity index (χ1n) is 5.96. The Hall–Kier alpha value is -1.82. The lowest BCUT2D eigenvalue weighted by atomic mass is 10.2. The molecule has 1 fully saturated rings. The summed E-state index contributed by atoms with van der Waals surface area (Å²) in [6.07, 6.45) is 0. The zero-order valence-electron chi connectivity index (χ0n) is 11.0. The number of anilines is 1. The van der Waals surface area contributed by atoms with Crippen LogP contribution in [0.25, 0.3) is 0 Å². The summed E-state index contributed by atoms with van der Waals surface area (Å²) in [6, 6.07) is 4.47. The van der Waals surface area contributed by atoms with Crippen molar-refractivity contribution in [2.24, 2.45) is 0 Å². The van der Waals surface area contributed by atoms with E-state index in [-0.39, 0.29) is 35.0 Å². The standard InChI is InChI=1S/C12H15N3O4S/c1-18-11-6-9(8-13)12(7-10(11)14)20(16,17)15-2-4-19-5-3-15/h6-7H,2-5,14H2,1H3. The molecule has 108 valence electrons. The predicted octanol–water partition coefficient (Wildman–Crippen LogP) is 0.170. The van der Waals surface area contributed by atoms with Gasteiger partial charge in [0.1, 0.15) is 16.7 Å². The molecule has 1 aliphatic heterocycles. The highest BCUT2D eigenvalue weighted by atomic mass is 32.2. The van der Waals surface area contributed by atoms with E-state index in [1.165, 1.54) is 23.5 Å². The van der Waals surface area contributed by atoms with Crippen LogP contribution in [0.2, 0.25) is 0 Å². The van der Waals surface area contributed by atoms with Crippen LogP contribution in [0.15, 0.2) is 17.0 Å². The van der Waals surface area contributed by atoms with Crippen molar-refractivity contribution in [2.45, 2.75) is 4.90 Å². The number of rotatable bonds is 3. The minimum absolute atomic E-state index is 0.0162. The average molecular weight is 297 g/mol. The van der Waals surface area contributed by atoms with E-state index < -0.39 is 10.0 Å². The molecule has 1 aliphatic rings. The molecule has 2 N–H and O–H groups in total. The van der Waals surface area contributed by atoms with E-state index in [0.29, 0.717) is 13.2 Å². The zero-order chi connectivity index (χ0) is 14.8. The largest absolute Gasteiger partial charge is 0.495 e. The normalized spacial score (nSPS) is 16.6. The van der Waals surface area contributed by atoms with Gasteiger partial charge in [-0.15, -0.1) is 0 Å². The molecule has 20 heavy (non-hydrogen) atoms. The van der Waals surface area contributed by atoms with Gasteiger partial charge in [0.2, 0.25) is 10.0 Å². The molecule has 0 radical (unpaired) electrons. The van der Waals surface area contributed by atoms with Gasteiger partial charge in [-0.3, -0.25) is 0 Å². The van der Waals surface area contributed by atoms with Crippen LogP contribution in [0.5, 0.6) is 5.75 Å². The van der Waals surface area contributed by atoms with Gasteiger partial charge in [0, 0.05) is 19.2 Å². The van der Waals surface area contributed by atoms with Crippen LogP contribution in [0, 0.1) is 11.3 Å². The highest BCUT2D eigenvalue weighted by molar-refractivity contribution is 7.89. The molecule has 0 atom stereocenters. The number of nitrogen functional groups attached to an aromatic ring is 1. The van der Waals surface area contributed by atoms with Gasteiger partial charge >= 0.3 is 0 Å². The lowest BCUT2D eigenvalue weighted by Crippen LogP contribution is -2.40. The van der Waals surface area contributed by atoms with Crippen LogP contribution < -0.4 is 10.5 Å². The number of methoxy groups -OCH3 is 1. The maximum Gasteiger partial charge on any atom is 0.244 e. The Morgan fingerprint density at radius 3 is 2.60 bits per heavy atom. The third-order valence-electron chi connectivity index (χ3n) is 3.04. The van der Waals surface area contributed by atoms with Crippen molar-refractivity contribution in [1.82, 2.24) is 4.31 Å². The lowest BCUT2D eigenvalue weighted by molar-refractivity contribution is 0.0730. The molecule has 8 heteroatoms. The number of morpholine rings is 1. The van der Waals surface area contributed by atoms with Crippen molar-refractivity contribution < 1.29 is 17.9 Å². The Labute approximate surface area is 117 Å². The zero-order valence-corrected chi connectivity index (χ0v) is 11.8. The molecule has 1 aromatic carbocycles. The first-order chi connectivity index (χ1) is 9.50. The van der Waals surface area contributed by atoms with E-state index >= 15 is 0 Å². The average Bonchev–Trinajstić information content (AvgIpc) is 2.47. The van der Waals surface area contributed by atoms with Crippen molar-refractivity contribution >= 4 is 15.7 Å². The third kappa shape index (κ3) is 2.56. The Bertz CT molecular complexity index is 645. The molecule has 0 aromatic heterocycles. The molecule has 0 saturated carbocycles. The van der Waals surface area contributed by atoms with Gasteiger partial charge in [-0.05, 0) is 6.07 Å². The quantitative estimate of drug-likeness (QED) is 0.797. The second kappa shape index (κ2) is 5.66. The number of nitriles is 1. The Kier molecular flexibility index (Phi) is 4.13. The number of hydrogen-bond acceptors (Lipinski definition) is 6. The maximum absolute atomic E-state index is 12.5. The topological polar surface area (TPSA) is 106 Å². The monoisotopic (exact) mass is 297 g/mol. The number of nitrogens with zero attached hydrogens (tertiary/aromatic N) is 2. The summed E-state index contributed by atoms with van der Waals surface area (Å²) in [6.45, 7) is 1.21. The van der Waals surface area contributed by atoms with Crippen LogP contribution in [0.1, 0.15) is 5.56 Å². The van der Waals surface area contributed by atoms with E-state index in [4.69, 9.17) is 20.5 Å². The Balaban J connectivity index is 2.51. The first kappa shape index (κ1) is 14.6. The fourth-order valence-electron chi connectivity index (χ4n) is 1.98. The van der Waals surface area contributed by atoms with Gasteiger partial charge in [0.25, 0.3) is 0 Å². The van der Waals surface area contributed by atoms with Gasteiger partial charge < -0.3 is 15.2 Å². The van der Waals surface area contributed by atoms with E-state index in [1.807, 2.05) is 6.07 Å². The van der Waals surface area contributed by atoms with Crippen molar-refractivity contribution in [3.63, 3.8) is 0 Å². The predicted molar refractivity (Wildman–Crippen MR) is 71.7 cm³/mol. The maximum atomic E-state index is 12.5. The molecule has 7 nitrogen and oxygen atoms in total. The highest BCUT2D eigenvalue weighted by Crippen LogP contribution is 2.30. The summed E-state index contributed by atoms with van der Waals surface area (Å²) in [5.74, 6) is 0.280. The number of ether oxygens (including phenoxy) is 2. The summed E-state index contributed by atoms with van der Waals surface area (Å²) in [5, 5.41) is 9.14. The number of nitrogens with two attached hydrogens (primary N) is 1. The third-order valence-corrected chi connectivity index (χ3v) is 4.98. The first-order valence-corrected chi connectivity index (χ1v) is 7.40. The van der Waals surface area contributed by atoms with Crippen LogP contribution in [0.4, 0.5) is 5.69 Å². The summed E-state index contributed by atoms with van der Waals surface area (Å²) in [7, 11) is -2.35. The fraction of sp³-hybridized carbons (Fsp3) is 0.417. The summed E-state index contributed by atoms with van der Waals surface area (Å²) in [5.41, 5.74) is 5.93. The molecule has 1 aromatic rings. The molecule has 0 unspecified atom stereocenters. The molecule has 2 rings (SSSR count). The minimum atomic E-state index is -3.76. The van der Waals surface area contributed by atoms with E-state index in [0.717, 1.165) is 0 Å². The summed E-state index contributed by atoms with van der Waals surface area (Å²) in [4.78, 5) is -0.0970. The fourth-order valence-corrected chi connectivity index (χ4v) is 3.55. The van der Waals surface area contributed by atoms with Crippen LogP contribution in [-0.4, -0.2) is 46.1 Å². The number of sulfonamides is 1. The number of hydrogen-bond donors (Lipinski definition) is 1. The molecular weight excluding hydrogens is 282 g/mol. The van der Waals surface area contributed by atoms with Gasteiger partial charge in [-0.1, -0.05) is 0 Å². The Morgan fingerprint density at radius 2 is 2.05 bits per heavy atom. The molecule has 0 spiro atoms. The van der Waals surface area contributed by atoms with E-state index in [9.17, 15) is 8.42 Å². The van der Waals surface area contributed by atoms with Gasteiger partial charge in [-0.25, -0.2) is 8.42 Å². The molecular formula is C12H15N3O4S.